The van der Waals surface area contributed by atoms with Crippen LogP contribution in [-0.4, -0.2) is 0 Å². The Bertz CT molecular complexity index is 2030. The highest BCUT2D eigenvalue weighted by atomic mass is 14.5. The van der Waals surface area contributed by atoms with Gasteiger partial charge in [0, 0.05) is 16.2 Å². The normalized spacial score (nSPS) is 24.0. The van der Waals surface area contributed by atoms with Crippen molar-refractivity contribution < 1.29 is 0 Å². The molecule has 0 amide bonds. The number of benzene rings is 4. The predicted molar refractivity (Wildman–Crippen MR) is 171 cm³/mol. The van der Waals surface area contributed by atoms with Crippen LogP contribution in [0.5, 0.6) is 0 Å². The first-order valence-electron chi connectivity index (χ1n) is 15.4. The highest BCUT2D eigenvalue weighted by Gasteiger charge is 2.52. The summed E-state index contributed by atoms with van der Waals surface area (Å²) in [4.78, 5) is 0. The largest absolute Gasteiger partial charge is 0.0836 e. The minimum atomic E-state index is -0.0547. The molecule has 5 aliphatic rings. The van der Waals surface area contributed by atoms with Gasteiger partial charge in [-0.25, -0.2) is 0 Å². The second kappa shape index (κ2) is 6.35. The van der Waals surface area contributed by atoms with Gasteiger partial charge in [0.05, 0.1) is 0 Å². The second-order valence-corrected chi connectivity index (χ2v) is 15.8. The fourth-order valence-corrected chi connectivity index (χ4v) is 10.7. The van der Waals surface area contributed by atoms with Crippen molar-refractivity contribution in [3.63, 3.8) is 0 Å². The fourth-order valence-electron chi connectivity index (χ4n) is 10.7. The van der Waals surface area contributed by atoms with Crippen molar-refractivity contribution >= 4 is 27.1 Å². The molecular formula is C40H40. The highest BCUT2D eigenvalue weighted by Crippen LogP contribution is 2.68. The summed E-state index contributed by atoms with van der Waals surface area (Å²) in [5.41, 5.74) is 20.0. The molecule has 0 nitrogen and oxygen atoms in total. The van der Waals surface area contributed by atoms with Crippen LogP contribution in [0.1, 0.15) is 112 Å². The average molecular weight is 521 g/mol. The van der Waals surface area contributed by atoms with Crippen molar-refractivity contribution in [1.82, 2.24) is 0 Å². The Kier molecular flexibility index (Phi) is 3.74. The monoisotopic (exact) mass is 520 g/mol. The maximum absolute atomic E-state index is 2.60. The van der Waals surface area contributed by atoms with E-state index in [1.165, 1.54) is 38.9 Å². The van der Waals surface area contributed by atoms with Gasteiger partial charge in [-0.3, -0.25) is 0 Å². The van der Waals surface area contributed by atoms with E-state index in [0.29, 0.717) is 5.92 Å². The highest BCUT2D eigenvalue weighted by molar-refractivity contribution is 6.27. The Morgan fingerprint density at radius 1 is 0.600 bits per heavy atom. The van der Waals surface area contributed by atoms with Gasteiger partial charge in [-0.1, -0.05) is 97.9 Å². The summed E-state index contributed by atoms with van der Waals surface area (Å²) in [6.45, 7) is 24.8. The molecule has 5 aliphatic carbocycles. The van der Waals surface area contributed by atoms with Gasteiger partial charge in [-0.05, 0) is 125 Å². The topological polar surface area (TPSA) is 0 Å². The summed E-state index contributed by atoms with van der Waals surface area (Å²) in [5.74, 6) is 0.508. The molecule has 0 bridgehead atoms. The Morgan fingerprint density at radius 2 is 1.18 bits per heavy atom. The van der Waals surface area contributed by atoms with Gasteiger partial charge in [0.15, 0.2) is 0 Å². The summed E-state index contributed by atoms with van der Waals surface area (Å²) in [7, 11) is 0. The molecule has 0 aliphatic heterocycles. The Labute approximate surface area is 239 Å². The third-order valence-corrected chi connectivity index (χ3v) is 12.4. The fraction of sp³-hybridized carbons (Fsp3) is 0.400. The number of hydrogen-bond donors (Lipinski definition) is 0. The number of allylic oxidation sites excluding steroid dienone is 4. The maximum atomic E-state index is 2.60. The van der Waals surface area contributed by atoms with Crippen LogP contribution >= 0.6 is 0 Å². The van der Waals surface area contributed by atoms with Crippen molar-refractivity contribution in [3.8, 4) is 11.1 Å². The van der Waals surface area contributed by atoms with E-state index in [9.17, 15) is 0 Å². The summed E-state index contributed by atoms with van der Waals surface area (Å²) in [6.07, 6.45) is 6.11. The molecule has 4 aromatic rings. The van der Waals surface area contributed by atoms with Crippen LogP contribution in [0.4, 0.5) is 0 Å². The lowest BCUT2D eigenvalue weighted by Crippen LogP contribution is -2.41. The van der Waals surface area contributed by atoms with Crippen molar-refractivity contribution in [2.75, 3.05) is 0 Å². The molecule has 1 unspecified atom stereocenters. The second-order valence-electron chi connectivity index (χ2n) is 15.8. The average Bonchev–Trinajstić information content (AvgIpc) is 2.88. The van der Waals surface area contributed by atoms with Crippen LogP contribution in [0.15, 0.2) is 48.1 Å². The van der Waals surface area contributed by atoms with Gasteiger partial charge in [-0.15, -0.1) is 0 Å². The quantitative estimate of drug-likeness (QED) is 0.202. The zero-order chi connectivity index (χ0) is 28.0. The van der Waals surface area contributed by atoms with Crippen LogP contribution < -0.4 is 0 Å². The van der Waals surface area contributed by atoms with Gasteiger partial charge in [-0.2, -0.15) is 0 Å². The Balaban J connectivity index is 1.72. The first-order chi connectivity index (χ1) is 18.7. The SMILES string of the molecule is Cc1cc2c3c4c5c(c(C)cc6c5c5c3c1C(C)(C)c1cccc(c1-5)C6(C)C)C(C)(C)C1CC=CC(=C41)C2(C)C. The molecule has 0 radical (unpaired) electrons. The van der Waals surface area contributed by atoms with E-state index in [1.54, 1.807) is 54.9 Å². The van der Waals surface area contributed by atoms with Crippen LogP contribution in [0.2, 0.25) is 0 Å². The molecular weight excluding hydrogens is 480 g/mol. The zero-order valence-corrected chi connectivity index (χ0v) is 25.8. The number of rotatable bonds is 0. The number of aryl methyl sites for hydroxylation is 2. The third kappa shape index (κ3) is 2.14. The molecule has 0 saturated carbocycles. The first-order valence-corrected chi connectivity index (χ1v) is 15.4. The Hall–Kier alpha value is -3.12. The summed E-state index contributed by atoms with van der Waals surface area (Å²) in [6, 6.07) is 12.4. The molecule has 0 heterocycles. The molecule has 1 atom stereocenters. The van der Waals surface area contributed by atoms with Gasteiger partial charge in [0.2, 0.25) is 0 Å². The molecule has 0 saturated heterocycles. The van der Waals surface area contributed by atoms with Gasteiger partial charge in [0.25, 0.3) is 0 Å². The minimum absolute atomic E-state index is 0.0285. The lowest BCUT2D eigenvalue weighted by Gasteiger charge is -2.53. The van der Waals surface area contributed by atoms with E-state index in [-0.39, 0.29) is 21.7 Å². The minimum Gasteiger partial charge on any atom is -0.0836 e. The smallest absolute Gasteiger partial charge is 0.0161 e. The zero-order valence-electron chi connectivity index (χ0n) is 25.8. The van der Waals surface area contributed by atoms with Crippen LogP contribution in [0, 0.1) is 19.8 Å². The van der Waals surface area contributed by atoms with E-state index in [2.05, 4.69) is 112 Å². The van der Waals surface area contributed by atoms with Crippen LogP contribution in [0.3, 0.4) is 0 Å². The molecule has 200 valence electrons. The Morgan fingerprint density at radius 3 is 1.88 bits per heavy atom. The summed E-state index contributed by atoms with van der Waals surface area (Å²) >= 11 is 0. The van der Waals surface area contributed by atoms with E-state index < -0.39 is 0 Å². The standard InChI is InChI=1S/C40H40/c1-19-17-25-29-32-28-21(37(25,3)4)13-12-16-24(28)40(9,10)36-20(2)18-26-30(34(32)36)31-27-22(38(26,5)6)14-11-15-23(27)39(7,8)35(19)33(29)31/h11-15,17-18,24H,16H2,1-10H3. The van der Waals surface area contributed by atoms with Gasteiger partial charge < -0.3 is 0 Å². The molecule has 40 heavy (non-hydrogen) atoms. The van der Waals surface area contributed by atoms with Crippen molar-refractivity contribution in [1.29, 1.82) is 0 Å². The van der Waals surface area contributed by atoms with E-state index in [0.717, 1.165) is 6.42 Å². The lowest BCUT2D eigenvalue weighted by molar-refractivity contribution is 0.385. The van der Waals surface area contributed by atoms with Gasteiger partial charge >= 0.3 is 0 Å². The van der Waals surface area contributed by atoms with E-state index in [4.69, 9.17) is 0 Å². The van der Waals surface area contributed by atoms with Gasteiger partial charge in [0.1, 0.15) is 0 Å². The van der Waals surface area contributed by atoms with Crippen molar-refractivity contribution in [3.05, 3.63) is 98.1 Å². The first kappa shape index (κ1) is 23.6. The summed E-state index contributed by atoms with van der Waals surface area (Å²) < 4.78 is 0. The summed E-state index contributed by atoms with van der Waals surface area (Å²) in [5, 5.41) is 6.30. The van der Waals surface area contributed by atoms with Crippen LogP contribution in [-0.2, 0) is 21.7 Å². The predicted octanol–water partition coefficient (Wildman–Crippen LogP) is 10.5. The molecule has 9 rings (SSSR count). The lowest BCUT2D eigenvalue weighted by atomic mass is 9.50. The maximum Gasteiger partial charge on any atom is 0.0161 e. The van der Waals surface area contributed by atoms with Crippen molar-refractivity contribution in [2.24, 2.45) is 5.92 Å². The van der Waals surface area contributed by atoms with E-state index in [1.807, 2.05) is 0 Å². The molecule has 0 fully saturated rings. The van der Waals surface area contributed by atoms with Crippen LogP contribution in [0.25, 0.3) is 38.2 Å². The number of hydrogen-bond acceptors (Lipinski definition) is 0. The molecule has 4 aromatic carbocycles. The third-order valence-electron chi connectivity index (χ3n) is 12.4. The molecule has 0 aromatic heterocycles. The van der Waals surface area contributed by atoms with Crippen molar-refractivity contribution in [2.45, 2.75) is 97.3 Å². The molecule has 0 heteroatoms. The van der Waals surface area contributed by atoms with E-state index >= 15 is 0 Å². The molecule has 0 N–H and O–H groups in total. The molecule has 0 spiro atoms.